The summed E-state index contributed by atoms with van der Waals surface area (Å²) in [6.07, 6.45) is 9.76. The fourth-order valence-corrected chi connectivity index (χ4v) is 3.76. The van der Waals surface area contributed by atoms with E-state index >= 15 is 0 Å². The molecular formula is C21H22N4O2. The van der Waals surface area contributed by atoms with Crippen LogP contribution < -0.4 is 0 Å². The Hall–Kier alpha value is -2.99. The lowest BCUT2D eigenvalue weighted by atomic mass is 10.0. The quantitative estimate of drug-likeness (QED) is 0.730. The molecule has 4 rings (SSSR count). The Kier molecular flexibility index (Phi) is 4.98. The minimum absolute atomic E-state index is 0.254. The molecule has 1 aliphatic rings. The number of aromatic carboxylic acids is 1. The molecule has 27 heavy (non-hydrogen) atoms. The van der Waals surface area contributed by atoms with Crippen LogP contribution in [-0.4, -0.2) is 43.8 Å². The van der Waals surface area contributed by atoms with E-state index in [0.717, 1.165) is 31.6 Å². The van der Waals surface area contributed by atoms with E-state index in [1.54, 1.807) is 22.9 Å². The SMILES string of the molecule is O=C(O)c1ccccc1-n1cc(CN2CC[C@H](Cc3cccnc3)C2)cn1. The van der Waals surface area contributed by atoms with E-state index in [9.17, 15) is 9.90 Å². The second kappa shape index (κ2) is 7.72. The summed E-state index contributed by atoms with van der Waals surface area (Å²) >= 11 is 0. The second-order valence-electron chi connectivity index (χ2n) is 7.07. The summed E-state index contributed by atoms with van der Waals surface area (Å²) < 4.78 is 1.65. The normalized spacial score (nSPS) is 17.3. The van der Waals surface area contributed by atoms with E-state index in [-0.39, 0.29) is 5.56 Å². The van der Waals surface area contributed by atoms with Crippen molar-refractivity contribution in [1.29, 1.82) is 0 Å². The summed E-state index contributed by atoms with van der Waals surface area (Å²) in [5.41, 5.74) is 3.23. The van der Waals surface area contributed by atoms with Crippen molar-refractivity contribution in [3.8, 4) is 5.69 Å². The van der Waals surface area contributed by atoms with Crippen LogP contribution in [0.3, 0.4) is 0 Å². The molecule has 0 spiro atoms. The summed E-state index contributed by atoms with van der Waals surface area (Å²) in [6.45, 7) is 2.96. The van der Waals surface area contributed by atoms with Gasteiger partial charge in [0, 0.05) is 37.2 Å². The summed E-state index contributed by atoms with van der Waals surface area (Å²) in [5, 5.41) is 13.7. The van der Waals surface area contributed by atoms with Crippen molar-refractivity contribution in [2.24, 2.45) is 5.92 Å². The zero-order chi connectivity index (χ0) is 18.6. The van der Waals surface area contributed by atoms with Crippen molar-refractivity contribution < 1.29 is 9.90 Å². The molecule has 1 aliphatic heterocycles. The molecule has 1 aromatic carbocycles. The molecule has 0 bridgehead atoms. The monoisotopic (exact) mass is 362 g/mol. The van der Waals surface area contributed by atoms with E-state index in [2.05, 4.69) is 21.0 Å². The molecule has 6 nitrogen and oxygen atoms in total. The summed E-state index contributed by atoms with van der Waals surface area (Å²) in [5.74, 6) is -0.294. The second-order valence-corrected chi connectivity index (χ2v) is 7.07. The van der Waals surface area contributed by atoms with Crippen LogP contribution in [0, 0.1) is 5.92 Å². The molecule has 0 amide bonds. The highest BCUT2D eigenvalue weighted by atomic mass is 16.4. The fraction of sp³-hybridized carbons (Fsp3) is 0.286. The fourth-order valence-electron chi connectivity index (χ4n) is 3.76. The molecule has 6 heteroatoms. The number of hydrogen-bond donors (Lipinski definition) is 1. The number of carboxylic acids is 1. The van der Waals surface area contributed by atoms with Crippen molar-refractivity contribution in [2.75, 3.05) is 13.1 Å². The molecular weight excluding hydrogens is 340 g/mol. The molecule has 0 aliphatic carbocycles. The molecule has 138 valence electrons. The van der Waals surface area contributed by atoms with Crippen molar-refractivity contribution in [1.82, 2.24) is 19.7 Å². The standard InChI is InChI=1S/C21H22N4O2/c26-21(27)19-5-1-2-6-20(19)25-15-18(12-23-25)14-24-9-7-17(13-24)10-16-4-3-8-22-11-16/h1-6,8,11-12,15,17H,7,9-10,13-14H2,(H,26,27)/t17-/m1/s1. The van der Waals surface area contributed by atoms with Crippen molar-refractivity contribution in [3.63, 3.8) is 0 Å². The molecule has 1 fully saturated rings. The van der Waals surface area contributed by atoms with Gasteiger partial charge in [0.15, 0.2) is 0 Å². The maximum Gasteiger partial charge on any atom is 0.337 e. The molecule has 2 aromatic heterocycles. The number of rotatable bonds is 6. The zero-order valence-electron chi connectivity index (χ0n) is 15.0. The van der Waals surface area contributed by atoms with Gasteiger partial charge >= 0.3 is 5.97 Å². The highest BCUT2D eigenvalue weighted by molar-refractivity contribution is 5.91. The predicted octanol–water partition coefficient (Wildman–Crippen LogP) is 3.03. The Balaban J connectivity index is 1.40. The van der Waals surface area contributed by atoms with Gasteiger partial charge in [0.2, 0.25) is 0 Å². The molecule has 1 atom stereocenters. The first kappa shape index (κ1) is 17.4. The molecule has 0 saturated carbocycles. The van der Waals surface area contributed by atoms with Crippen LogP contribution in [0.1, 0.15) is 27.9 Å². The zero-order valence-corrected chi connectivity index (χ0v) is 15.0. The lowest BCUT2D eigenvalue weighted by Gasteiger charge is -2.15. The molecule has 1 saturated heterocycles. The number of hydrogen-bond acceptors (Lipinski definition) is 4. The molecule has 0 radical (unpaired) electrons. The average Bonchev–Trinajstić information content (AvgIpc) is 3.32. The number of benzene rings is 1. The first-order valence-corrected chi connectivity index (χ1v) is 9.16. The molecule has 3 aromatic rings. The lowest BCUT2D eigenvalue weighted by molar-refractivity contribution is 0.0696. The van der Waals surface area contributed by atoms with Crippen LogP contribution in [-0.2, 0) is 13.0 Å². The van der Waals surface area contributed by atoms with Crippen LogP contribution in [0.15, 0.2) is 61.2 Å². The largest absolute Gasteiger partial charge is 0.478 e. The van der Waals surface area contributed by atoms with Crippen LogP contribution in [0.5, 0.6) is 0 Å². The van der Waals surface area contributed by atoms with Crippen LogP contribution in [0.2, 0.25) is 0 Å². The van der Waals surface area contributed by atoms with Gasteiger partial charge in [-0.2, -0.15) is 5.10 Å². The average molecular weight is 362 g/mol. The topological polar surface area (TPSA) is 71.2 Å². The third-order valence-corrected chi connectivity index (χ3v) is 5.04. The van der Waals surface area contributed by atoms with Crippen LogP contribution in [0.4, 0.5) is 0 Å². The number of carboxylic acid groups (broad SMARTS) is 1. The number of aromatic nitrogens is 3. The van der Waals surface area contributed by atoms with Gasteiger partial charge in [-0.25, -0.2) is 9.48 Å². The van der Waals surface area contributed by atoms with Gasteiger partial charge < -0.3 is 5.11 Å². The Morgan fingerprint density at radius 1 is 1.15 bits per heavy atom. The summed E-state index contributed by atoms with van der Waals surface area (Å²) in [6, 6.07) is 11.1. The first-order chi connectivity index (χ1) is 13.2. The van der Waals surface area contributed by atoms with Gasteiger partial charge in [0.25, 0.3) is 0 Å². The van der Waals surface area contributed by atoms with Gasteiger partial charge in [-0.1, -0.05) is 18.2 Å². The van der Waals surface area contributed by atoms with Gasteiger partial charge in [-0.15, -0.1) is 0 Å². The minimum Gasteiger partial charge on any atom is -0.478 e. The van der Waals surface area contributed by atoms with Crippen LogP contribution in [0.25, 0.3) is 5.69 Å². The van der Waals surface area contributed by atoms with Gasteiger partial charge in [0.1, 0.15) is 0 Å². The number of carbonyl (C=O) groups is 1. The number of likely N-dealkylation sites (tertiary alicyclic amines) is 1. The maximum atomic E-state index is 11.4. The van der Waals surface area contributed by atoms with E-state index in [1.165, 1.54) is 12.0 Å². The third-order valence-electron chi connectivity index (χ3n) is 5.04. The molecule has 1 N–H and O–H groups in total. The van der Waals surface area contributed by atoms with Crippen molar-refractivity contribution in [3.05, 3.63) is 77.9 Å². The Labute approximate surface area is 158 Å². The summed E-state index contributed by atoms with van der Waals surface area (Å²) in [4.78, 5) is 18.0. The highest BCUT2D eigenvalue weighted by Gasteiger charge is 2.23. The van der Waals surface area contributed by atoms with E-state index in [0.29, 0.717) is 11.6 Å². The Morgan fingerprint density at radius 3 is 2.85 bits per heavy atom. The predicted molar refractivity (Wildman–Crippen MR) is 102 cm³/mol. The smallest absolute Gasteiger partial charge is 0.337 e. The van der Waals surface area contributed by atoms with Gasteiger partial charge in [-0.05, 0) is 49.1 Å². The lowest BCUT2D eigenvalue weighted by Crippen LogP contribution is -2.20. The van der Waals surface area contributed by atoms with Gasteiger partial charge in [-0.3, -0.25) is 9.88 Å². The third kappa shape index (κ3) is 4.06. The molecule has 3 heterocycles. The highest BCUT2D eigenvalue weighted by Crippen LogP contribution is 2.22. The number of pyridine rings is 1. The Bertz CT molecular complexity index is 923. The number of para-hydroxylation sites is 1. The Morgan fingerprint density at radius 2 is 2.04 bits per heavy atom. The van der Waals surface area contributed by atoms with Crippen molar-refractivity contribution >= 4 is 5.97 Å². The summed E-state index contributed by atoms with van der Waals surface area (Å²) in [7, 11) is 0. The van der Waals surface area contributed by atoms with E-state index in [4.69, 9.17) is 0 Å². The van der Waals surface area contributed by atoms with E-state index < -0.39 is 5.97 Å². The maximum absolute atomic E-state index is 11.4. The van der Waals surface area contributed by atoms with Crippen molar-refractivity contribution in [2.45, 2.75) is 19.4 Å². The van der Waals surface area contributed by atoms with E-state index in [1.807, 2.05) is 36.9 Å². The van der Waals surface area contributed by atoms with Gasteiger partial charge in [0.05, 0.1) is 17.4 Å². The van der Waals surface area contributed by atoms with Crippen LogP contribution >= 0.6 is 0 Å². The molecule has 0 unspecified atom stereocenters. The number of nitrogens with zero attached hydrogens (tertiary/aromatic N) is 4. The minimum atomic E-state index is -0.944. The first-order valence-electron chi connectivity index (χ1n) is 9.16.